The predicted molar refractivity (Wildman–Crippen MR) is 84.7 cm³/mol. The molecular formula is C14H20BrN3O3. The number of carboxylic acids is 1. The van der Waals surface area contributed by atoms with E-state index < -0.39 is 17.9 Å². The van der Waals surface area contributed by atoms with Crippen LogP contribution in [0.3, 0.4) is 0 Å². The summed E-state index contributed by atoms with van der Waals surface area (Å²) in [6.07, 6.45) is 3.63. The molecule has 1 amide bonds. The van der Waals surface area contributed by atoms with Gasteiger partial charge in [-0.15, -0.1) is 0 Å². The fourth-order valence-electron chi connectivity index (χ4n) is 1.86. The molecule has 0 radical (unpaired) electrons. The Balaban J connectivity index is 2.96. The Labute approximate surface area is 132 Å². The number of hydrogen-bond acceptors (Lipinski definition) is 4. The number of carbonyl (C=O) groups is 2. The molecule has 0 aliphatic rings. The van der Waals surface area contributed by atoms with Crippen molar-refractivity contribution in [1.82, 2.24) is 10.3 Å². The summed E-state index contributed by atoms with van der Waals surface area (Å²) in [5, 5.41) is 11.7. The van der Waals surface area contributed by atoms with Crippen LogP contribution in [0.4, 0.5) is 5.82 Å². The quantitative estimate of drug-likeness (QED) is 0.782. The predicted octanol–water partition coefficient (Wildman–Crippen LogP) is 2.28. The summed E-state index contributed by atoms with van der Waals surface area (Å²) in [6.45, 7) is 1.98. The molecule has 0 saturated carbocycles. The molecule has 0 fully saturated rings. The van der Waals surface area contributed by atoms with Crippen molar-refractivity contribution in [3.63, 3.8) is 0 Å². The molecule has 6 nitrogen and oxygen atoms in total. The maximum atomic E-state index is 12.3. The molecule has 0 bridgehead atoms. The molecule has 0 spiro atoms. The van der Waals surface area contributed by atoms with Crippen molar-refractivity contribution < 1.29 is 14.7 Å². The first-order valence-corrected chi connectivity index (χ1v) is 7.52. The van der Waals surface area contributed by atoms with Crippen molar-refractivity contribution in [2.24, 2.45) is 0 Å². The number of nitrogens with zero attached hydrogens (tertiary/aromatic N) is 2. The Morgan fingerprint density at radius 2 is 2.14 bits per heavy atom. The fraction of sp³-hybridized carbons (Fsp3) is 0.500. The van der Waals surface area contributed by atoms with Crippen molar-refractivity contribution in [3.05, 3.63) is 22.3 Å². The van der Waals surface area contributed by atoms with E-state index in [1.54, 1.807) is 31.3 Å². The molecule has 116 valence electrons. The van der Waals surface area contributed by atoms with E-state index in [0.29, 0.717) is 22.3 Å². The molecule has 1 atom stereocenters. The largest absolute Gasteiger partial charge is 0.480 e. The third-order valence-corrected chi connectivity index (χ3v) is 3.38. The third kappa shape index (κ3) is 5.00. The highest BCUT2D eigenvalue weighted by Crippen LogP contribution is 2.20. The highest BCUT2D eigenvalue weighted by Gasteiger charge is 2.22. The van der Waals surface area contributed by atoms with Gasteiger partial charge in [-0.2, -0.15) is 0 Å². The van der Waals surface area contributed by atoms with E-state index >= 15 is 0 Å². The van der Waals surface area contributed by atoms with Gasteiger partial charge in [-0.3, -0.25) is 4.79 Å². The van der Waals surface area contributed by atoms with Gasteiger partial charge in [-0.05, 0) is 28.4 Å². The number of hydrogen-bond donors (Lipinski definition) is 2. The van der Waals surface area contributed by atoms with Gasteiger partial charge < -0.3 is 15.3 Å². The first-order valence-electron chi connectivity index (χ1n) is 6.73. The Morgan fingerprint density at radius 3 is 2.67 bits per heavy atom. The second kappa shape index (κ2) is 7.97. The summed E-state index contributed by atoms with van der Waals surface area (Å²) >= 11 is 3.27. The van der Waals surface area contributed by atoms with Crippen LogP contribution in [0.15, 0.2) is 16.7 Å². The number of anilines is 1. The molecule has 0 unspecified atom stereocenters. The summed E-state index contributed by atoms with van der Waals surface area (Å²) in [7, 11) is 3.55. The number of aromatic nitrogens is 1. The maximum Gasteiger partial charge on any atom is 0.326 e. The zero-order valence-corrected chi connectivity index (χ0v) is 14.0. The maximum absolute atomic E-state index is 12.3. The van der Waals surface area contributed by atoms with E-state index in [2.05, 4.69) is 26.2 Å². The summed E-state index contributed by atoms with van der Waals surface area (Å²) in [6, 6.07) is 0.752. The second-order valence-corrected chi connectivity index (χ2v) is 5.84. The van der Waals surface area contributed by atoms with E-state index in [9.17, 15) is 14.7 Å². The fourth-order valence-corrected chi connectivity index (χ4v) is 2.19. The van der Waals surface area contributed by atoms with Crippen LogP contribution in [-0.2, 0) is 4.79 Å². The van der Waals surface area contributed by atoms with Crippen molar-refractivity contribution in [2.45, 2.75) is 32.2 Å². The van der Waals surface area contributed by atoms with Gasteiger partial charge in [0.1, 0.15) is 11.9 Å². The molecule has 0 saturated heterocycles. The van der Waals surface area contributed by atoms with Crippen LogP contribution in [0.1, 0.15) is 36.5 Å². The molecule has 1 aromatic heterocycles. The van der Waals surface area contributed by atoms with E-state index in [-0.39, 0.29) is 0 Å². The number of aliphatic carboxylic acids is 1. The number of nitrogens with one attached hydrogen (secondary N) is 1. The number of unbranched alkanes of at least 4 members (excludes halogenated alkanes) is 1. The molecule has 21 heavy (non-hydrogen) atoms. The minimum atomic E-state index is -1.02. The Morgan fingerprint density at radius 1 is 1.48 bits per heavy atom. The number of carbonyl (C=O) groups excluding carboxylic acids is 1. The molecule has 0 aliphatic carbocycles. The molecule has 2 N–H and O–H groups in total. The zero-order chi connectivity index (χ0) is 16.0. The average molecular weight is 358 g/mol. The van der Waals surface area contributed by atoms with Crippen molar-refractivity contribution in [2.75, 3.05) is 19.0 Å². The molecule has 1 heterocycles. The van der Waals surface area contributed by atoms with Gasteiger partial charge in [0, 0.05) is 24.8 Å². The second-order valence-electron chi connectivity index (χ2n) is 4.93. The highest BCUT2D eigenvalue weighted by atomic mass is 79.9. The lowest BCUT2D eigenvalue weighted by atomic mass is 10.1. The van der Waals surface area contributed by atoms with Gasteiger partial charge in [0.15, 0.2) is 0 Å². The summed E-state index contributed by atoms with van der Waals surface area (Å²) in [4.78, 5) is 29.4. The third-order valence-electron chi connectivity index (χ3n) is 2.95. The highest BCUT2D eigenvalue weighted by molar-refractivity contribution is 9.10. The molecule has 0 aliphatic heterocycles. The Hall–Kier alpha value is -1.63. The zero-order valence-electron chi connectivity index (χ0n) is 12.4. The van der Waals surface area contributed by atoms with Gasteiger partial charge >= 0.3 is 5.97 Å². The number of pyridine rings is 1. The van der Waals surface area contributed by atoms with Crippen LogP contribution in [-0.4, -0.2) is 42.1 Å². The van der Waals surface area contributed by atoms with Crippen molar-refractivity contribution >= 4 is 33.6 Å². The lowest BCUT2D eigenvalue weighted by Crippen LogP contribution is -2.41. The first kappa shape index (κ1) is 17.4. The van der Waals surface area contributed by atoms with E-state index in [4.69, 9.17) is 0 Å². The molecular weight excluding hydrogens is 338 g/mol. The number of rotatable bonds is 7. The van der Waals surface area contributed by atoms with Crippen LogP contribution in [0, 0.1) is 0 Å². The van der Waals surface area contributed by atoms with Crippen LogP contribution in [0.2, 0.25) is 0 Å². The Kier molecular flexibility index (Phi) is 6.61. The van der Waals surface area contributed by atoms with Crippen molar-refractivity contribution in [1.29, 1.82) is 0 Å². The normalized spacial score (nSPS) is 11.8. The van der Waals surface area contributed by atoms with Crippen LogP contribution >= 0.6 is 15.9 Å². The van der Waals surface area contributed by atoms with Gasteiger partial charge in [-0.1, -0.05) is 19.8 Å². The van der Waals surface area contributed by atoms with Gasteiger partial charge in [-0.25, -0.2) is 9.78 Å². The lowest BCUT2D eigenvalue weighted by molar-refractivity contribution is -0.139. The number of halogens is 1. The van der Waals surface area contributed by atoms with E-state index in [1.165, 1.54) is 0 Å². The van der Waals surface area contributed by atoms with E-state index in [1.807, 2.05) is 6.92 Å². The van der Waals surface area contributed by atoms with Gasteiger partial charge in [0.2, 0.25) is 0 Å². The smallest absolute Gasteiger partial charge is 0.326 e. The average Bonchev–Trinajstić information content (AvgIpc) is 2.42. The summed E-state index contributed by atoms with van der Waals surface area (Å²) < 4.78 is 0.665. The first-order chi connectivity index (χ1) is 9.86. The minimum Gasteiger partial charge on any atom is -0.480 e. The molecule has 0 aromatic carbocycles. The van der Waals surface area contributed by atoms with Crippen LogP contribution < -0.4 is 10.2 Å². The summed E-state index contributed by atoms with van der Waals surface area (Å²) in [5.74, 6) is -0.961. The monoisotopic (exact) mass is 357 g/mol. The molecule has 7 heteroatoms. The summed E-state index contributed by atoms with van der Waals surface area (Å²) in [5.41, 5.74) is 0.345. The van der Waals surface area contributed by atoms with Gasteiger partial charge in [0.25, 0.3) is 5.91 Å². The topological polar surface area (TPSA) is 82.5 Å². The van der Waals surface area contributed by atoms with Gasteiger partial charge in [0.05, 0.1) is 5.56 Å². The molecule has 1 aromatic rings. The van der Waals surface area contributed by atoms with Crippen molar-refractivity contribution in [3.8, 4) is 0 Å². The van der Waals surface area contributed by atoms with E-state index in [0.717, 1.165) is 12.8 Å². The molecule has 1 rings (SSSR count). The lowest BCUT2D eigenvalue weighted by Gasteiger charge is -2.18. The standard InChI is InChI=1S/C14H20BrN3O3/c1-4-5-6-11(14(20)21)17-13(19)10-7-9(15)8-16-12(10)18(2)3/h7-8,11H,4-6H2,1-3H3,(H,17,19)(H,20,21)/t11-/m0/s1. The SMILES string of the molecule is CCCC[C@H](NC(=O)c1cc(Br)cnc1N(C)C)C(=O)O. The van der Waals surface area contributed by atoms with Crippen LogP contribution in [0.5, 0.6) is 0 Å². The minimum absolute atomic E-state index is 0.345. The number of amides is 1. The Bertz CT molecular complexity index is 520. The number of carboxylic acid groups (broad SMARTS) is 1. The van der Waals surface area contributed by atoms with Crippen LogP contribution in [0.25, 0.3) is 0 Å².